The maximum absolute atomic E-state index is 12.8. The minimum absolute atomic E-state index is 0.392. The average Bonchev–Trinajstić information content (AvgIpc) is 3.01. The largest absolute Gasteiger partial charge is 0.361 e. The normalized spacial score (nSPS) is 17.0. The highest BCUT2D eigenvalue weighted by atomic mass is 32.2. The van der Waals surface area contributed by atoms with E-state index in [-0.39, 0.29) is 0 Å². The molecule has 0 spiro atoms. The smallest absolute Gasteiger partial charge is 0.243 e. The molecule has 0 aliphatic carbocycles. The average molecular weight is 364 g/mol. The van der Waals surface area contributed by atoms with Crippen molar-refractivity contribution >= 4 is 10.0 Å². The van der Waals surface area contributed by atoms with Gasteiger partial charge in [0.15, 0.2) is 0 Å². The van der Waals surface area contributed by atoms with Gasteiger partial charge in [0, 0.05) is 6.07 Å². The molecule has 1 aromatic carbocycles. The van der Waals surface area contributed by atoms with Crippen molar-refractivity contribution in [2.75, 3.05) is 26.2 Å². The summed E-state index contributed by atoms with van der Waals surface area (Å²) in [6.07, 6.45) is 2.03. The summed E-state index contributed by atoms with van der Waals surface area (Å²) in [7, 11) is -3.40. The van der Waals surface area contributed by atoms with Crippen LogP contribution in [0.4, 0.5) is 0 Å². The highest BCUT2D eigenvalue weighted by Gasteiger charge is 2.30. The first-order chi connectivity index (χ1) is 12.0. The van der Waals surface area contributed by atoms with Gasteiger partial charge in [-0.1, -0.05) is 30.6 Å². The first-order valence-corrected chi connectivity index (χ1v) is 10.3. The topological polar surface area (TPSA) is 67.8 Å². The molecular weight excluding hydrogens is 338 g/mol. The van der Waals surface area contributed by atoms with Crippen LogP contribution < -0.4 is 4.90 Å². The lowest BCUT2D eigenvalue weighted by atomic mass is 10.1. The number of piperazine rings is 1. The van der Waals surface area contributed by atoms with Gasteiger partial charge in [-0.15, -0.1) is 0 Å². The van der Waals surface area contributed by atoms with Gasteiger partial charge in [-0.25, -0.2) is 8.42 Å². The number of rotatable bonds is 6. The second-order valence-corrected chi connectivity index (χ2v) is 8.59. The minimum atomic E-state index is -3.40. The second kappa shape index (κ2) is 7.68. The number of quaternary nitrogens is 1. The molecule has 7 heteroatoms. The van der Waals surface area contributed by atoms with E-state index in [1.165, 1.54) is 10.5 Å². The first kappa shape index (κ1) is 18.1. The molecule has 0 amide bonds. The molecule has 25 heavy (non-hydrogen) atoms. The van der Waals surface area contributed by atoms with Crippen molar-refractivity contribution in [3.05, 3.63) is 47.3 Å². The van der Waals surface area contributed by atoms with Crippen molar-refractivity contribution in [1.29, 1.82) is 0 Å². The Hall–Kier alpha value is -1.70. The molecule has 0 radical (unpaired) electrons. The lowest BCUT2D eigenvalue weighted by molar-refractivity contribution is -0.917. The van der Waals surface area contributed by atoms with Crippen LogP contribution in [0.25, 0.3) is 0 Å². The van der Waals surface area contributed by atoms with Crippen LogP contribution in [-0.2, 0) is 23.0 Å². The number of sulfonamides is 1. The maximum Gasteiger partial charge on any atom is 0.243 e. The molecule has 1 aliphatic rings. The number of aryl methyl sites for hydroxylation is 2. The fraction of sp³-hybridized carbons (Fsp3) is 0.500. The van der Waals surface area contributed by atoms with E-state index in [1.54, 1.807) is 16.4 Å². The Morgan fingerprint density at radius 3 is 2.44 bits per heavy atom. The third-order valence-electron chi connectivity index (χ3n) is 4.64. The zero-order valence-electron chi connectivity index (χ0n) is 14.9. The predicted molar refractivity (Wildman–Crippen MR) is 94.8 cm³/mol. The molecule has 1 fully saturated rings. The molecule has 2 aromatic rings. The van der Waals surface area contributed by atoms with E-state index in [0.717, 1.165) is 43.9 Å². The number of aromatic nitrogens is 1. The maximum atomic E-state index is 12.8. The summed E-state index contributed by atoms with van der Waals surface area (Å²) in [4.78, 5) is 1.72. The number of hydrogen-bond donors (Lipinski definition) is 1. The van der Waals surface area contributed by atoms with Gasteiger partial charge in [-0.3, -0.25) is 0 Å². The van der Waals surface area contributed by atoms with Crippen molar-refractivity contribution in [1.82, 2.24) is 9.46 Å². The summed E-state index contributed by atoms with van der Waals surface area (Å²) in [5.41, 5.74) is 2.11. The van der Waals surface area contributed by atoms with Crippen LogP contribution in [0.15, 0.2) is 39.8 Å². The monoisotopic (exact) mass is 364 g/mol. The molecule has 1 N–H and O–H groups in total. The molecule has 1 aromatic heterocycles. The van der Waals surface area contributed by atoms with Gasteiger partial charge in [0.1, 0.15) is 18.0 Å². The van der Waals surface area contributed by atoms with Gasteiger partial charge >= 0.3 is 0 Å². The molecule has 136 valence electrons. The van der Waals surface area contributed by atoms with Gasteiger partial charge < -0.3 is 9.42 Å². The van der Waals surface area contributed by atoms with Gasteiger partial charge in [-0.05, 0) is 31.0 Å². The SMILES string of the molecule is CCCc1ccc(S(=O)(=O)N2CC[NH+](Cc3cc(C)on3)CC2)cc1. The van der Waals surface area contributed by atoms with E-state index in [1.807, 2.05) is 25.1 Å². The Bertz CT molecular complexity index is 791. The number of nitrogens with one attached hydrogen (secondary N) is 1. The van der Waals surface area contributed by atoms with Crippen molar-refractivity contribution < 1.29 is 17.8 Å². The van der Waals surface area contributed by atoms with Crippen molar-refractivity contribution in [2.24, 2.45) is 0 Å². The third-order valence-corrected chi connectivity index (χ3v) is 6.55. The van der Waals surface area contributed by atoms with Crippen LogP contribution in [0, 0.1) is 6.92 Å². The standard InChI is InChI=1S/C18H25N3O3S/c1-3-4-16-5-7-18(8-6-16)25(22,23)21-11-9-20(10-12-21)14-17-13-15(2)24-19-17/h5-8,13H,3-4,9-12,14H2,1-2H3/p+1. The highest BCUT2D eigenvalue weighted by Crippen LogP contribution is 2.17. The Morgan fingerprint density at radius 2 is 1.88 bits per heavy atom. The number of hydrogen-bond acceptors (Lipinski definition) is 4. The molecule has 2 heterocycles. The van der Waals surface area contributed by atoms with Crippen LogP contribution in [0.3, 0.4) is 0 Å². The lowest BCUT2D eigenvalue weighted by Gasteiger charge is -2.31. The Labute approximate surface area is 149 Å². The quantitative estimate of drug-likeness (QED) is 0.831. The highest BCUT2D eigenvalue weighted by molar-refractivity contribution is 7.89. The van der Waals surface area contributed by atoms with Crippen LogP contribution in [-0.4, -0.2) is 44.1 Å². The summed E-state index contributed by atoms with van der Waals surface area (Å²) < 4.78 is 32.3. The van der Waals surface area contributed by atoms with Crippen molar-refractivity contribution in [2.45, 2.75) is 38.1 Å². The molecule has 3 rings (SSSR count). The van der Waals surface area contributed by atoms with E-state index in [9.17, 15) is 8.42 Å². The third kappa shape index (κ3) is 4.29. The second-order valence-electron chi connectivity index (χ2n) is 6.65. The van der Waals surface area contributed by atoms with E-state index < -0.39 is 10.0 Å². The van der Waals surface area contributed by atoms with Gasteiger partial charge in [0.25, 0.3) is 0 Å². The van der Waals surface area contributed by atoms with Crippen LogP contribution >= 0.6 is 0 Å². The minimum Gasteiger partial charge on any atom is -0.361 e. The van der Waals surface area contributed by atoms with Crippen LogP contribution in [0.5, 0.6) is 0 Å². The summed E-state index contributed by atoms with van der Waals surface area (Å²) >= 11 is 0. The summed E-state index contributed by atoms with van der Waals surface area (Å²) in [5.74, 6) is 0.808. The van der Waals surface area contributed by atoms with Crippen molar-refractivity contribution in [3.63, 3.8) is 0 Å². The van der Waals surface area contributed by atoms with Gasteiger partial charge in [-0.2, -0.15) is 4.31 Å². The van der Waals surface area contributed by atoms with Gasteiger partial charge in [0.2, 0.25) is 10.0 Å². The van der Waals surface area contributed by atoms with E-state index in [2.05, 4.69) is 12.1 Å². The molecule has 1 aliphatic heterocycles. The molecule has 6 nitrogen and oxygen atoms in total. The van der Waals surface area contributed by atoms with E-state index in [4.69, 9.17) is 4.52 Å². The van der Waals surface area contributed by atoms with Crippen LogP contribution in [0.2, 0.25) is 0 Å². The Morgan fingerprint density at radius 1 is 1.20 bits per heavy atom. The zero-order valence-corrected chi connectivity index (χ0v) is 15.7. The lowest BCUT2D eigenvalue weighted by Crippen LogP contribution is -3.13. The summed E-state index contributed by atoms with van der Waals surface area (Å²) in [6.45, 7) is 7.39. The van der Waals surface area contributed by atoms with E-state index in [0.29, 0.717) is 18.0 Å². The molecule has 0 atom stereocenters. The molecule has 0 unspecified atom stereocenters. The number of nitrogens with zero attached hydrogens (tertiary/aromatic N) is 2. The Kier molecular flexibility index (Phi) is 5.56. The van der Waals surface area contributed by atoms with Gasteiger partial charge in [0.05, 0.1) is 31.1 Å². The fourth-order valence-corrected chi connectivity index (χ4v) is 4.68. The van der Waals surface area contributed by atoms with Crippen molar-refractivity contribution in [3.8, 4) is 0 Å². The molecule has 1 saturated heterocycles. The summed E-state index contributed by atoms with van der Waals surface area (Å²) in [5, 5.41) is 4.02. The number of benzene rings is 1. The molecule has 0 bridgehead atoms. The Balaban J connectivity index is 1.60. The fourth-order valence-electron chi connectivity index (χ4n) is 3.24. The summed E-state index contributed by atoms with van der Waals surface area (Å²) in [6, 6.07) is 9.25. The van der Waals surface area contributed by atoms with E-state index >= 15 is 0 Å². The van der Waals surface area contributed by atoms with Crippen LogP contribution in [0.1, 0.15) is 30.4 Å². The predicted octanol–water partition coefficient (Wildman–Crippen LogP) is 1.02. The molecular formula is C18H26N3O3S+. The molecule has 0 saturated carbocycles. The first-order valence-electron chi connectivity index (χ1n) is 8.84. The zero-order chi connectivity index (χ0) is 17.9.